The van der Waals surface area contributed by atoms with E-state index < -0.39 is 5.60 Å². The summed E-state index contributed by atoms with van der Waals surface area (Å²) in [6.45, 7) is 1.19. The van der Waals surface area contributed by atoms with Crippen molar-refractivity contribution in [2.75, 3.05) is 13.1 Å². The van der Waals surface area contributed by atoms with Crippen molar-refractivity contribution in [1.82, 2.24) is 4.90 Å². The number of carbonyl (C=O) groups is 1. The second-order valence-corrected chi connectivity index (χ2v) is 7.15. The molecule has 2 aromatic rings. The standard InChI is InChI=1S/C22H19FN2O2/c23-20-8-6-18(7-9-20)21(26)25-11-1-10-22(15-25)12-19(14-27-22)17-4-2-16(13-24)3-5-17/h2-9,14H,1,10-12,15H2. The van der Waals surface area contributed by atoms with E-state index in [2.05, 4.69) is 6.07 Å². The van der Waals surface area contributed by atoms with Crippen LogP contribution in [0.1, 0.15) is 40.7 Å². The van der Waals surface area contributed by atoms with Crippen LogP contribution in [0, 0.1) is 17.1 Å². The summed E-state index contributed by atoms with van der Waals surface area (Å²) < 4.78 is 19.2. The van der Waals surface area contributed by atoms with Crippen LogP contribution in [-0.2, 0) is 4.74 Å². The van der Waals surface area contributed by atoms with E-state index in [0.717, 1.165) is 30.4 Å². The van der Waals surface area contributed by atoms with E-state index in [4.69, 9.17) is 10.00 Å². The lowest BCUT2D eigenvalue weighted by Crippen LogP contribution is -2.50. The maximum absolute atomic E-state index is 13.1. The summed E-state index contributed by atoms with van der Waals surface area (Å²) in [6.07, 6.45) is 4.26. The Kier molecular flexibility index (Phi) is 4.41. The fourth-order valence-electron chi connectivity index (χ4n) is 3.84. The third-order valence-corrected chi connectivity index (χ3v) is 5.27. The van der Waals surface area contributed by atoms with Gasteiger partial charge in [0.15, 0.2) is 0 Å². The lowest BCUT2D eigenvalue weighted by atomic mass is 9.86. The highest BCUT2D eigenvalue weighted by Gasteiger charge is 2.42. The lowest BCUT2D eigenvalue weighted by molar-refractivity contribution is -0.0190. The van der Waals surface area contributed by atoms with Crippen molar-refractivity contribution in [2.24, 2.45) is 0 Å². The molecule has 136 valence electrons. The molecule has 0 bridgehead atoms. The zero-order chi connectivity index (χ0) is 18.9. The first-order chi connectivity index (χ1) is 13.1. The number of amides is 1. The summed E-state index contributed by atoms with van der Waals surface area (Å²) in [6, 6.07) is 15.2. The van der Waals surface area contributed by atoms with Crippen LogP contribution in [0.4, 0.5) is 4.39 Å². The van der Waals surface area contributed by atoms with E-state index in [-0.39, 0.29) is 11.7 Å². The molecule has 2 aliphatic heterocycles. The maximum atomic E-state index is 13.1. The van der Waals surface area contributed by atoms with Gasteiger partial charge in [0.05, 0.1) is 24.4 Å². The summed E-state index contributed by atoms with van der Waals surface area (Å²) in [7, 11) is 0. The van der Waals surface area contributed by atoms with Crippen LogP contribution in [0.3, 0.4) is 0 Å². The van der Waals surface area contributed by atoms with Gasteiger partial charge in [-0.25, -0.2) is 4.39 Å². The Bertz CT molecular complexity index is 928. The largest absolute Gasteiger partial charge is 0.492 e. The number of nitrogens with zero attached hydrogens (tertiary/aromatic N) is 2. The van der Waals surface area contributed by atoms with Gasteiger partial charge in [-0.15, -0.1) is 0 Å². The molecule has 0 radical (unpaired) electrons. The molecule has 0 aliphatic carbocycles. The van der Waals surface area contributed by atoms with Gasteiger partial charge in [-0.3, -0.25) is 4.79 Å². The number of hydrogen-bond donors (Lipinski definition) is 0. The van der Waals surface area contributed by atoms with Crippen molar-refractivity contribution in [3.05, 3.63) is 77.3 Å². The van der Waals surface area contributed by atoms with Crippen LogP contribution in [-0.4, -0.2) is 29.5 Å². The third-order valence-electron chi connectivity index (χ3n) is 5.27. The van der Waals surface area contributed by atoms with Crippen LogP contribution < -0.4 is 0 Å². The van der Waals surface area contributed by atoms with Gasteiger partial charge < -0.3 is 9.64 Å². The van der Waals surface area contributed by atoms with Crippen LogP contribution in [0.2, 0.25) is 0 Å². The van der Waals surface area contributed by atoms with Crippen molar-refractivity contribution in [2.45, 2.75) is 24.9 Å². The van der Waals surface area contributed by atoms with Gasteiger partial charge >= 0.3 is 0 Å². The molecule has 0 aromatic heterocycles. The molecule has 1 atom stereocenters. The van der Waals surface area contributed by atoms with Gasteiger partial charge in [0.1, 0.15) is 11.4 Å². The summed E-state index contributed by atoms with van der Waals surface area (Å²) in [5.41, 5.74) is 2.83. The number of piperidine rings is 1. The minimum Gasteiger partial charge on any atom is -0.492 e. The summed E-state index contributed by atoms with van der Waals surface area (Å²) in [5, 5.41) is 8.94. The second kappa shape index (κ2) is 6.88. The molecule has 1 amide bonds. The highest BCUT2D eigenvalue weighted by atomic mass is 19.1. The topological polar surface area (TPSA) is 53.3 Å². The highest BCUT2D eigenvalue weighted by molar-refractivity contribution is 5.94. The van der Waals surface area contributed by atoms with Gasteiger partial charge in [-0.2, -0.15) is 5.26 Å². The Morgan fingerprint density at radius 3 is 2.59 bits per heavy atom. The normalized spacial score (nSPS) is 21.5. The summed E-state index contributed by atoms with van der Waals surface area (Å²) >= 11 is 0. The zero-order valence-electron chi connectivity index (χ0n) is 14.8. The first kappa shape index (κ1) is 17.3. The zero-order valence-corrected chi connectivity index (χ0v) is 14.8. The molecule has 2 heterocycles. The van der Waals surface area contributed by atoms with Crippen molar-refractivity contribution in [1.29, 1.82) is 5.26 Å². The minimum absolute atomic E-state index is 0.0931. The average molecular weight is 362 g/mol. The van der Waals surface area contributed by atoms with Gasteiger partial charge in [0.2, 0.25) is 0 Å². The van der Waals surface area contributed by atoms with Crippen LogP contribution in [0.25, 0.3) is 5.57 Å². The fraction of sp³-hybridized carbons (Fsp3) is 0.273. The fourth-order valence-corrected chi connectivity index (χ4v) is 3.84. The quantitative estimate of drug-likeness (QED) is 0.807. The van der Waals surface area contributed by atoms with Crippen molar-refractivity contribution >= 4 is 11.5 Å². The molecule has 2 aliphatic rings. The van der Waals surface area contributed by atoms with E-state index in [0.29, 0.717) is 24.2 Å². The molecular weight excluding hydrogens is 343 g/mol. The molecule has 0 N–H and O–H groups in total. The number of benzene rings is 2. The molecule has 0 saturated carbocycles. The molecule has 1 spiro atoms. The van der Waals surface area contributed by atoms with E-state index in [9.17, 15) is 9.18 Å². The van der Waals surface area contributed by atoms with Crippen molar-refractivity contribution < 1.29 is 13.9 Å². The molecule has 2 aromatic carbocycles. The maximum Gasteiger partial charge on any atom is 0.253 e. The predicted octanol–water partition coefficient (Wildman–Crippen LogP) is 4.13. The molecule has 1 fully saturated rings. The molecule has 4 nitrogen and oxygen atoms in total. The number of ether oxygens (including phenoxy) is 1. The van der Waals surface area contributed by atoms with Gasteiger partial charge in [-0.1, -0.05) is 12.1 Å². The van der Waals surface area contributed by atoms with Gasteiger partial charge in [0.25, 0.3) is 5.91 Å². The van der Waals surface area contributed by atoms with Crippen LogP contribution in [0.5, 0.6) is 0 Å². The summed E-state index contributed by atoms with van der Waals surface area (Å²) in [5.74, 6) is -0.443. The SMILES string of the molecule is N#Cc1ccc(C2=COC3(CCCN(C(=O)c4ccc(F)cc4)C3)C2)cc1. The van der Waals surface area contributed by atoms with Crippen LogP contribution >= 0.6 is 0 Å². The summed E-state index contributed by atoms with van der Waals surface area (Å²) in [4.78, 5) is 14.6. The first-order valence-electron chi connectivity index (χ1n) is 9.01. The van der Waals surface area contributed by atoms with Crippen molar-refractivity contribution in [3.63, 3.8) is 0 Å². The Balaban J connectivity index is 1.47. The molecule has 27 heavy (non-hydrogen) atoms. The minimum atomic E-state index is -0.406. The van der Waals surface area contributed by atoms with Gasteiger partial charge in [0, 0.05) is 18.5 Å². The van der Waals surface area contributed by atoms with Gasteiger partial charge in [-0.05, 0) is 60.4 Å². The number of hydrogen-bond acceptors (Lipinski definition) is 3. The Labute approximate surface area is 157 Å². The third kappa shape index (κ3) is 3.43. The van der Waals surface area contributed by atoms with Crippen LogP contribution in [0.15, 0.2) is 54.8 Å². The average Bonchev–Trinajstić information content (AvgIpc) is 3.11. The molecule has 5 heteroatoms. The molecule has 1 unspecified atom stereocenters. The Morgan fingerprint density at radius 2 is 1.89 bits per heavy atom. The number of rotatable bonds is 2. The number of halogens is 1. The second-order valence-electron chi connectivity index (χ2n) is 7.15. The van der Waals surface area contributed by atoms with Crippen molar-refractivity contribution in [3.8, 4) is 6.07 Å². The Hall–Kier alpha value is -3.13. The number of likely N-dealkylation sites (tertiary alicyclic amines) is 1. The number of nitriles is 1. The molecule has 1 saturated heterocycles. The molecule has 4 rings (SSSR count). The smallest absolute Gasteiger partial charge is 0.253 e. The van der Waals surface area contributed by atoms with E-state index in [1.165, 1.54) is 24.3 Å². The van der Waals surface area contributed by atoms with E-state index in [1.807, 2.05) is 12.1 Å². The monoisotopic (exact) mass is 362 g/mol. The first-order valence-corrected chi connectivity index (χ1v) is 9.01. The lowest BCUT2D eigenvalue weighted by Gasteiger charge is -2.39. The van der Waals surface area contributed by atoms with E-state index >= 15 is 0 Å². The Morgan fingerprint density at radius 1 is 1.15 bits per heavy atom. The highest BCUT2D eigenvalue weighted by Crippen LogP contribution is 2.40. The predicted molar refractivity (Wildman–Crippen MR) is 99.1 cm³/mol. The molecular formula is C22H19FN2O2. The number of carbonyl (C=O) groups excluding carboxylic acids is 1. The van der Waals surface area contributed by atoms with E-state index in [1.54, 1.807) is 23.3 Å².